The maximum absolute atomic E-state index is 12.4. The molecule has 0 radical (unpaired) electrons. The molecule has 0 amide bonds. The van der Waals surface area contributed by atoms with Gasteiger partial charge in [0.15, 0.2) is 0 Å². The highest BCUT2D eigenvalue weighted by atomic mass is 16.5. The highest BCUT2D eigenvalue weighted by Crippen LogP contribution is 2.47. The van der Waals surface area contributed by atoms with Crippen molar-refractivity contribution < 1.29 is 38.1 Å². The molecule has 2 aliphatic rings. The maximum atomic E-state index is 12.4. The lowest BCUT2D eigenvalue weighted by molar-refractivity contribution is -0.140. The van der Waals surface area contributed by atoms with Gasteiger partial charge in [0.25, 0.3) is 0 Å². The van der Waals surface area contributed by atoms with E-state index < -0.39 is 11.9 Å². The Morgan fingerprint density at radius 3 is 1.81 bits per heavy atom. The Hall–Kier alpha value is -4.79. The molecule has 2 fully saturated rings. The van der Waals surface area contributed by atoms with Gasteiger partial charge in [-0.3, -0.25) is 0 Å². The fourth-order valence-electron chi connectivity index (χ4n) is 8.39. The summed E-state index contributed by atoms with van der Waals surface area (Å²) in [5, 5.41) is 0. The average Bonchev–Trinajstić information content (AvgIpc) is 3.23. The van der Waals surface area contributed by atoms with Crippen LogP contribution in [0.3, 0.4) is 0 Å². The summed E-state index contributed by atoms with van der Waals surface area (Å²) in [6.45, 7) is 13.9. The van der Waals surface area contributed by atoms with Crippen LogP contribution in [0.25, 0.3) is 22.3 Å². The zero-order valence-electron chi connectivity index (χ0n) is 34.2. The second kappa shape index (κ2) is 21.7. The van der Waals surface area contributed by atoms with Crippen LogP contribution in [0.15, 0.2) is 103 Å². The summed E-state index contributed by atoms with van der Waals surface area (Å²) in [4.78, 5) is 36.2. The third-order valence-electron chi connectivity index (χ3n) is 11.6. The number of rotatable bonds is 19. The van der Waals surface area contributed by atoms with E-state index >= 15 is 0 Å². The summed E-state index contributed by atoms with van der Waals surface area (Å²) >= 11 is 0. The van der Waals surface area contributed by atoms with Gasteiger partial charge in [0, 0.05) is 19.8 Å². The van der Waals surface area contributed by atoms with E-state index in [2.05, 4.69) is 62.2 Å². The normalized spacial score (nSPS) is 19.3. The van der Waals surface area contributed by atoms with E-state index in [1.54, 1.807) is 6.92 Å². The predicted molar refractivity (Wildman–Crippen MR) is 225 cm³/mol. The molecule has 2 aliphatic carbocycles. The fourth-order valence-corrected chi connectivity index (χ4v) is 8.39. The molecule has 5 rings (SSSR count). The first kappa shape index (κ1) is 43.3. The lowest BCUT2D eigenvalue weighted by Gasteiger charge is -2.38. The predicted octanol–water partition coefficient (Wildman–Crippen LogP) is 10.4. The molecule has 0 heterocycles. The standard InChI is InChI=1S/C49H60O8/c1-33(2)47(50)56-29-27-37-11-13-38(14-12-37)39-17-19-42(20-18-39)46-30-43(40-15-9-36(10-16-40)8-7-28-55-48(51)34(3)31-53-5)23-26-45(46)41-21-24-44(25-22-41)57-49(52)35(4)32-54-6/h9-10,15-16,21-26,30,37-39,42H,1,3-4,7-8,11-14,17-20,27-29,31-32H2,2,5-6H3. The lowest BCUT2D eigenvalue weighted by atomic mass is 9.67. The second-order valence-corrected chi connectivity index (χ2v) is 15.8. The quantitative estimate of drug-likeness (QED) is 0.0514. The van der Waals surface area contributed by atoms with Crippen molar-refractivity contribution in [1.29, 1.82) is 0 Å². The van der Waals surface area contributed by atoms with Crippen molar-refractivity contribution in [1.82, 2.24) is 0 Å². The number of carbonyl (C=O) groups excluding carboxylic acids is 3. The van der Waals surface area contributed by atoms with E-state index in [-0.39, 0.29) is 24.8 Å². The minimum absolute atomic E-state index is 0.122. The smallest absolute Gasteiger partial charge is 0.341 e. The molecule has 3 aromatic rings. The van der Waals surface area contributed by atoms with Gasteiger partial charge in [0.05, 0.1) is 37.6 Å². The summed E-state index contributed by atoms with van der Waals surface area (Å²) in [5.74, 6) is 1.85. The number of carbonyl (C=O) groups is 3. The molecular weight excluding hydrogens is 717 g/mol. The Bertz CT molecular complexity index is 1840. The molecule has 0 atom stereocenters. The summed E-state index contributed by atoms with van der Waals surface area (Å²) < 4.78 is 26.3. The number of hydrogen-bond acceptors (Lipinski definition) is 8. The largest absolute Gasteiger partial charge is 0.462 e. The first-order valence-electron chi connectivity index (χ1n) is 20.4. The van der Waals surface area contributed by atoms with Gasteiger partial charge in [-0.2, -0.15) is 0 Å². The van der Waals surface area contributed by atoms with Crippen molar-refractivity contribution in [2.45, 2.75) is 83.5 Å². The van der Waals surface area contributed by atoms with Crippen LogP contribution in [0, 0.1) is 17.8 Å². The van der Waals surface area contributed by atoms with Crippen molar-refractivity contribution in [2.75, 3.05) is 40.6 Å². The van der Waals surface area contributed by atoms with Gasteiger partial charge in [-0.1, -0.05) is 87.2 Å². The minimum atomic E-state index is -0.498. The van der Waals surface area contributed by atoms with E-state index in [0.717, 1.165) is 55.1 Å². The number of aryl methyl sites for hydroxylation is 1. The first-order chi connectivity index (χ1) is 27.6. The maximum Gasteiger partial charge on any atom is 0.341 e. The molecule has 3 aromatic carbocycles. The van der Waals surface area contributed by atoms with Gasteiger partial charge in [-0.05, 0) is 134 Å². The number of hydrogen-bond donors (Lipinski definition) is 0. The van der Waals surface area contributed by atoms with E-state index in [1.807, 2.05) is 24.3 Å². The molecule has 304 valence electrons. The molecule has 0 spiro atoms. The van der Waals surface area contributed by atoms with Gasteiger partial charge < -0.3 is 23.7 Å². The molecule has 0 N–H and O–H groups in total. The average molecular weight is 777 g/mol. The first-order valence-corrected chi connectivity index (χ1v) is 20.4. The summed E-state index contributed by atoms with van der Waals surface area (Å²) in [6, 6.07) is 23.3. The third kappa shape index (κ3) is 12.6. The Balaban J connectivity index is 1.25. The minimum Gasteiger partial charge on any atom is -0.462 e. The van der Waals surface area contributed by atoms with Crippen molar-refractivity contribution in [3.05, 3.63) is 114 Å². The second-order valence-electron chi connectivity index (χ2n) is 15.8. The topological polar surface area (TPSA) is 97.4 Å². The Kier molecular flexibility index (Phi) is 16.5. The highest BCUT2D eigenvalue weighted by molar-refractivity contribution is 5.90. The van der Waals surface area contributed by atoms with Crippen LogP contribution < -0.4 is 4.74 Å². The lowest BCUT2D eigenvalue weighted by Crippen LogP contribution is -2.26. The van der Waals surface area contributed by atoms with Crippen molar-refractivity contribution in [2.24, 2.45) is 17.8 Å². The molecular formula is C49H60O8. The van der Waals surface area contributed by atoms with E-state index in [1.165, 1.54) is 75.0 Å². The molecule has 0 unspecified atom stereocenters. The van der Waals surface area contributed by atoms with E-state index in [0.29, 0.717) is 41.9 Å². The molecule has 0 bridgehead atoms. The molecule has 57 heavy (non-hydrogen) atoms. The number of esters is 3. The van der Waals surface area contributed by atoms with Gasteiger partial charge in [-0.25, -0.2) is 14.4 Å². The molecule has 2 saturated carbocycles. The van der Waals surface area contributed by atoms with Crippen molar-refractivity contribution in [3.8, 4) is 28.0 Å². The van der Waals surface area contributed by atoms with Gasteiger partial charge in [0.2, 0.25) is 0 Å². The SMILES string of the molecule is C=C(C)C(=O)OCCC1CCC(C2CCC(c3cc(-c4ccc(CCCOC(=O)C(=C)COC)cc4)ccc3-c3ccc(OC(=O)C(=C)COC)cc3)CC2)CC1. The van der Waals surface area contributed by atoms with Crippen molar-refractivity contribution >= 4 is 17.9 Å². The Morgan fingerprint density at radius 2 is 1.19 bits per heavy atom. The summed E-state index contributed by atoms with van der Waals surface area (Å²) in [5.41, 5.74) is 8.22. The summed E-state index contributed by atoms with van der Waals surface area (Å²) in [6.07, 6.45) is 12.2. The molecule has 8 heteroatoms. The Morgan fingerprint density at radius 1 is 0.632 bits per heavy atom. The van der Waals surface area contributed by atoms with Crippen LogP contribution in [-0.2, 0) is 39.8 Å². The van der Waals surface area contributed by atoms with Crippen LogP contribution in [0.5, 0.6) is 5.75 Å². The van der Waals surface area contributed by atoms with Crippen LogP contribution in [0.2, 0.25) is 0 Å². The summed E-state index contributed by atoms with van der Waals surface area (Å²) in [7, 11) is 3.05. The van der Waals surface area contributed by atoms with Gasteiger partial charge >= 0.3 is 17.9 Å². The van der Waals surface area contributed by atoms with E-state index in [4.69, 9.17) is 23.7 Å². The van der Waals surface area contributed by atoms with Crippen LogP contribution >= 0.6 is 0 Å². The molecule has 0 aliphatic heterocycles. The monoisotopic (exact) mass is 776 g/mol. The zero-order valence-corrected chi connectivity index (χ0v) is 34.2. The number of methoxy groups -OCH3 is 2. The highest BCUT2D eigenvalue weighted by Gasteiger charge is 2.32. The van der Waals surface area contributed by atoms with Crippen LogP contribution in [0.1, 0.15) is 88.2 Å². The van der Waals surface area contributed by atoms with Crippen molar-refractivity contribution in [3.63, 3.8) is 0 Å². The van der Waals surface area contributed by atoms with Gasteiger partial charge in [0.1, 0.15) is 5.75 Å². The Labute approximate surface area is 339 Å². The molecule has 0 aromatic heterocycles. The van der Waals surface area contributed by atoms with E-state index in [9.17, 15) is 14.4 Å². The third-order valence-corrected chi connectivity index (χ3v) is 11.6. The number of benzene rings is 3. The molecule has 8 nitrogen and oxygen atoms in total. The zero-order chi connectivity index (χ0) is 40.7. The van der Waals surface area contributed by atoms with Gasteiger partial charge in [-0.15, -0.1) is 0 Å². The van der Waals surface area contributed by atoms with Crippen LogP contribution in [-0.4, -0.2) is 58.6 Å². The molecule has 0 saturated heterocycles. The fraction of sp³-hybridized carbons (Fsp3) is 0.449. The number of ether oxygens (including phenoxy) is 5. The van der Waals surface area contributed by atoms with Crippen LogP contribution in [0.4, 0.5) is 0 Å².